The number of amides is 1. The number of aliphatic hydroxyl groups excluding tert-OH is 1. The van der Waals surface area contributed by atoms with Gasteiger partial charge in [-0.05, 0) is 18.6 Å². The second-order valence-electron chi connectivity index (χ2n) is 3.74. The predicted octanol–water partition coefficient (Wildman–Crippen LogP) is 0.160. The van der Waals surface area contributed by atoms with Gasteiger partial charge in [-0.2, -0.15) is 5.26 Å². The summed E-state index contributed by atoms with van der Waals surface area (Å²) in [6, 6.07) is 5.04. The van der Waals surface area contributed by atoms with E-state index in [0.717, 1.165) is 0 Å². The number of hydrogen-bond donors (Lipinski definition) is 1. The molecule has 0 saturated carbocycles. The molecule has 1 saturated heterocycles. The van der Waals surface area contributed by atoms with E-state index < -0.39 is 6.10 Å². The maximum absolute atomic E-state index is 11.9. The lowest BCUT2D eigenvalue weighted by atomic mass is 10.2. The molecule has 0 radical (unpaired) electrons. The molecule has 5 heteroatoms. The molecule has 2 heterocycles. The fraction of sp³-hybridized carbons (Fsp3) is 0.364. The second-order valence-corrected chi connectivity index (χ2v) is 3.74. The fourth-order valence-corrected chi connectivity index (χ4v) is 1.67. The van der Waals surface area contributed by atoms with Crippen molar-refractivity contribution in [2.45, 2.75) is 12.5 Å². The van der Waals surface area contributed by atoms with E-state index in [0.29, 0.717) is 30.8 Å². The van der Waals surface area contributed by atoms with Crippen molar-refractivity contribution in [3.05, 3.63) is 29.6 Å². The summed E-state index contributed by atoms with van der Waals surface area (Å²) >= 11 is 0. The first-order chi connectivity index (χ1) is 7.70. The molecule has 0 aliphatic carbocycles. The van der Waals surface area contributed by atoms with E-state index in [1.165, 1.54) is 12.3 Å². The van der Waals surface area contributed by atoms with Gasteiger partial charge in [-0.1, -0.05) is 0 Å². The summed E-state index contributed by atoms with van der Waals surface area (Å²) in [5, 5.41) is 17.9. The Balaban J connectivity index is 2.12. The van der Waals surface area contributed by atoms with Gasteiger partial charge in [-0.15, -0.1) is 0 Å². The molecule has 0 spiro atoms. The fourth-order valence-electron chi connectivity index (χ4n) is 1.67. The first-order valence-electron chi connectivity index (χ1n) is 5.04. The number of likely N-dealkylation sites (tertiary alicyclic amines) is 1. The number of nitrogens with zero attached hydrogens (tertiary/aromatic N) is 3. The van der Waals surface area contributed by atoms with E-state index >= 15 is 0 Å². The zero-order chi connectivity index (χ0) is 11.5. The predicted molar refractivity (Wildman–Crippen MR) is 55.5 cm³/mol. The maximum atomic E-state index is 11.9. The van der Waals surface area contributed by atoms with Gasteiger partial charge in [0.25, 0.3) is 5.91 Å². The summed E-state index contributed by atoms with van der Waals surface area (Å²) in [7, 11) is 0. The van der Waals surface area contributed by atoms with Crippen LogP contribution in [0.15, 0.2) is 18.3 Å². The molecule has 0 bridgehead atoms. The topological polar surface area (TPSA) is 77.2 Å². The van der Waals surface area contributed by atoms with Gasteiger partial charge in [0.2, 0.25) is 0 Å². The van der Waals surface area contributed by atoms with Crippen molar-refractivity contribution in [2.75, 3.05) is 13.1 Å². The molecule has 82 valence electrons. The van der Waals surface area contributed by atoms with Gasteiger partial charge in [0.1, 0.15) is 11.8 Å². The van der Waals surface area contributed by atoms with E-state index in [4.69, 9.17) is 5.26 Å². The summed E-state index contributed by atoms with van der Waals surface area (Å²) in [6.45, 7) is 0.919. The van der Waals surface area contributed by atoms with Crippen LogP contribution in [-0.4, -0.2) is 40.1 Å². The first kappa shape index (κ1) is 10.6. The number of nitriles is 1. The SMILES string of the molecule is N#Cc1ccc(C(=O)N2CC[C@H](O)C2)nc1. The van der Waals surface area contributed by atoms with Gasteiger partial charge in [0.15, 0.2) is 0 Å². The molecule has 1 N–H and O–H groups in total. The number of β-amino-alcohol motifs (C(OH)–C–C–N with tert-alkyl or cyclic N) is 1. The molecule has 1 aliphatic rings. The van der Waals surface area contributed by atoms with Gasteiger partial charge >= 0.3 is 0 Å². The molecule has 0 aromatic carbocycles. The lowest BCUT2D eigenvalue weighted by molar-refractivity contribution is 0.0759. The Hall–Kier alpha value is -1.93. The molecule has 1 amide bonds. The second kappa shape index (κ2) is 4.29. The molecule has 1 fully saturated rings. The number of rotatable bonds is 1. The minimum absolute atomic E-state index is 0.193. The normalized spacial score (nSPS) is 19.5. The zero-order valence-electron chi connectivity index (χ0n) is 8.63. The minimum Gasteiger partial charge on any atom is -0.391 e. The van der Waals surface area contributed by atoms with Crippen molar-refractivity contribution in [1.82, 2.24) is 9.88 Å². The van der Waals surface area contributed by atoms with Gasteiger partial charge in [0, 0.05) is 19.3 Å². The van der Waals surface area contributed by atoms with Crippen LogP contribution in [0.1, 0.15) is 22.5 Å². The lowest BCUT2D eigenvalue weighted by Gasteiger charge is -2.14. The molecular formula is C11H11N3O2. The molecule has 2 rings (SSSR count). The Kier molecular flexibility index (Phi) is 2.84. The average Bonchev–Trinajstić information content (AvgIpc) is 2.75. The van der Waals surface area contributed by atoms with E-state index in [1.54, 1.807) is 11.0 Å². The third kappa shape index (κ3) is 2.02. The van der Waals surface area contributed by atoms with Gasteiger partial charge < -0.3 is 10.0 Å². The Morgan fingerprint density at radius 1 is 1.62 bits per heavy atom. The first-order valence-corrected chi connectivity index (χ1v) is 5.04. The van der Waals surface area contributed by atoms with Crippen LogP contribution >= 0.6 is 0 Å². The number of carbonyl (C=O) groups is 1. The van der Waals surface area contributed by atoms with Crippen molar-refractivity contribution in [2.24, 2.45) is 0 Å². The lowest BCUT2D eigenvalue weighted by Crippen LogP contribution is -2.30. The van der Waals surface area contributed by atoms with Crippen LogP contribution in [-0.2, 0) is 0 Å². The third-order valence-electron chi connectivity index (χ3n) is 2.56. The molecule has 0 unspecified atom stereocenters. The van der Waals surface area contributed by atoms with Gasteiger partial charge in [-0.3, -0.25) is 4.79 Å². The van der Waals surface area contributed by atoms with Crippen molar-refractivity contribution in [3.63, 3.8) is 0 Å². The van der Waals surface area contributed by atoms with Crippen LogP contribution in [0.2, 0.25) is 0 Å². The summed E-state index contributed by atoms with van der Waals surface area (Å²) in [4.78, 5) is 17.4. The van der Waals surface area contributed by atoms with E-state index in [9.17, 15) is 9.90 Å². The molecule has 1 atom stereocenters. The average molecular weight is 217 g/mol. The Bertz CT molecular complexity index is 436. The largest absolute Gasteiger partial charge is 0.391 e. The Morgan fingerprint density at radius 3 is 2.94 bits per heavy atom. The highest BCUT2D eigenvalue weighted by atomic mass is 16.3. The van der Waals surface area contributed by atoms with E-state index in [-0.39, 0.29) is 5.91 Å². The summed E-state index contributed by atoms with van der Waals surface area (Å²) in [6.07, 6.45) is 1.56. The summed E-state index contributed by atoms with van der Waals surface area (Å²) in [5.74, 6) is -0.193. The van der Waals surface area contributed by atoms with Crippen LogP contribution in [0.4, 0.5) is 0 Å². The molecular weight excluding hydrogens is 206 g/mol. The Morgan fingerprint density at radius 2 is 2.44 bits per heavy atom. The summed E-state index contributed by atoms with van der Waals surface area (Å²) < 4.78 is 0. The van der Waals surface area contributed by atoms with Crippen molar-refractivity contribution >= 4 is 5.91 Å². The minimum atomic E-state index is -0.428. The number of aliphatic hydroxyl groups is 1. The highest BCUT2D eigenvalue weighted by Crippen LogP contribution is 2.12. The third-order valence-corrected chi connectivity index (χ3v) is 2.56. The van der Waals surface area contributed by atoms with Crippen molar-refractivity contribution in [3.8, 4) is 6.07 Å². The Labute approximate surface area is 92.9 Å². The van der Waals surface area contributed by atoms with Crippen LogP contribution in [0.25, 0.3) is 0 Å². The quantitative estimate of drug-likeness (QED) is 0.726. The highest BCUT2D eigenvalue weighted by Gasteiger charge is 2.25. The van der Waals surface area contributed by atoms with Gasteiger partial charge in [0.05, 0.1) is 11.7 Å². The summed E-state index contributed by atoms with van der Waals surface area (Å²) in [5.41, 5.74) is 0.742. The van der Waals surface area contributed by atoms with Crippen LogP contribution in [0.5, 0.6) is 0 Å². The number of carbonyl (C=O) groups excluding carboxylic acids is 1. The molecule has 16 heavy (non-hydrogen) atoms. The monoisotopic (exact) mass is 217 g/mol. The number of aromatic nitrogens is 1. The molecule has 5 nitrogen and oxygen atoms in total. The molecule has 1 aromatic rings. The molecule has 1 aliphatic heterocycles. The van der Waals surface area contributed by atoms with Gasteiger partial charge in [-0.25, -0.2) is 4.98 Å². The van der Waals surface area contributed by atoms with Crippen LogP contribution < -0.4 is 0 Å². The number of hydrogen-bond acceptors (Lipinski definition) is 4. The van der Waals surface area contributed by atoms with Crippen LogP contribution in [0.3, 0.4) is 0 Å². The number of pyridine rings is 1. The maximum Gasteiger partial charge on any atom is 0.272 e. The highest BCUT2D eigenvalue weighted by molar-refractivity contribution is 5.92. The zero-order valence-corrected chi connectivity index (χ0v) is 8.63. The smallest absolute Gasteiger partial charge is 0.272 e. The van der Waals surface area contributed by atoms with E-state index in [2.05, 4.69) is 4.98 Å². The van der Waals surface area contributed by atoms with Crippen LogP contribution in [0, 0.1) is 11.3 Å². The standard InChI is InChI=1S/C11H11N3O2/c12-5-8-1-2-10(13-6-8)11(16)14-4-3-9(15)7-14/h1-2,6,9,15H,3-4,7H2/t9-/m0/s1. The van der Waals surface area contributed by atoms with Crippen molar-refractivity contribution < 1.29 is 9.90 Å². The molecule has 1 aromatic heterocycles. The van der Waals surface area contributed by atoms with E-state index in [1.807, 2.05) is 6.07 Å². The van der Waals surface area contributed by atoms with Crippen molar-refractivity contribution in [1.29, 1.82) is 5.26 Å².